The van der Waals surface area contributed by atoms with Crippen molar-refractivity contribution in [1.29, 1.82) is 0 Å². The van der Waals surface area contributed by atoms with Crippen molar-refractivity contribution in [2.45, 2.75) is 43.4 Å². The van der Waals surface area contributed by atoms with Gasteiger partial charge in [0.1, 0.15) is 0 Å². The van der Waals surface area contributed by atoms with E-state index in [1.165, 1.54) is 12.8 Å². The molecule has 3 N–H and O–H groups in total. The van der Waals surface area contributed by atoms with E-state index in [-0.39, 0.29) is 18.3 Å². The normalized spacial score (nSPS) is 25.5. The summed E-state index contributed by atoms with van der Waals surface area (Å²) in [6.45, 7) is 0.449. The molecule has 1 fully saturated rings. The van der Waals surface area contributed by atoms with Crippen molar-refractivity contribution in [3.05, 3.63) is 0 Å². The van der Waals surface area contributed by atoms with Crippen LogP contribution in [0.5, 0.6) is 0 Å². The van der Waals surface area contributed by atoms with Gasteiger partial charge < -0.3 is 11.1 Å². The van der Waals surface area contributed by atoms with E-state index in [9.17, 15) is 4.79 Å². The Labute approximate surface area is 102 Å². The highest BCUT2D eigenvalue weighted by Crippen LogP contribution is 2.26. The van der Waals surface area contributed by atoms with Crippen LogP contribution in [0.2, 0.25) is 0 Å². The summed E-state index contributed by atoms with van der Waals surface area (Å²) in [7, 11) is 0. The summed E-state index contributed by atoms with van der Waals surface area (Å²) < 4.78 is 0. The number of amides is 1. The lowest BCUT2D eigenvalue weighted by atomic mass is 9.95. The summed E-state index contributed by atoms with van der Waals surface area (Å²) in [5.74, 6) is 0.110. The zero-order chi connectivity index (χ0) is 10.4. The summed E-state index contributed by atoms with van der Waals surface area (Å²) in [6.07, 6.45) is 7.39. The number of nitrogens with one attached hydrogen (secondary N) is 1. The van der Waals surface area contributed by atoms with Crippen LogP contribution < -0.4 is 11.1 Å². The number of rotatable bonds is 4. The Bertz CT molecular complexity index is 192. The van der Waals surface area contributed by atoms with Gasteiger partial charge in [0.05, 0.1) is 0 Å². The van der Waals surface area contributed by atoms with Gasteiger partial charge in [-0.15, -0.1) is 12.4 Å². The standard InChI is InChI=1S/C10H20N2OS.ClH/c1-14-9-4-2-3-8(7-9)12-10(13)5-6-11;/h8-9H,2-7,11H2,1H3,(H,12,13);1H. The highest BCUT2D eigenvalue weighted by Gasteiger charge is 2.21. The number of carbonyl (C=O) groups is 1. The molecule has 90 valence electrons. The summed E-state index contributed by atoms with van der Waals surface area (Å²) in [5.41, 5.74) is 5.32. The second-order valence-corrected chi connectivity index (χ2v) is 4.97. The molecule has 1 aliphatic carbocycles. The molecule has 15 heavy (non-hydrogen) atoms. The van der Waals surface area contributed by atoms with Gasteiger partial charge >= 0.3 is 0 Å². The van der Waals surface area contributed by atoms with Crippen LogP contribution in [0.1, 0.15) is 32.1 Å². The Morgan fingerprint density at radius 3 is 2.87 bits per heavy atom. The highest BCUT2D eigenvalue weighted by atomic mass is 35.5. The molecule has 0 spiro atoms. The molecule has 1 amide bonds. The van der Waals surface area contributed by atoms with Crippen LogP contribution in [-0.4, -0.2) is 30.0 Å². The fourth-order valence-corrected chi connectivity index (χ4v) is 2.75. The maximum atomic E-state index is 11.3. The van der Waals surface area contributed by atoms with Crippen molar-refractivity contribution >= 4 is 30.1 Å². The second-order valence-electron chi connectivity index (χ2n) is 3.83. The molecule has 5 heteroatoms. The Morgan fingerprint density at radius 1 is 1.53 bits per heavy atom. The van der Waals surface area contributed by atoms with E-state index in [0.717, 1.165) is 18.1 Å². The van der Waals surface area contributed by atoms with Crippen LogP contribution in [0.25, 0.3) is 0 Å². The molecule has 0 aliphatic heterocycles. The third kappa shape index (κ3) is 5.64. The van der Waals surface area contributed by atoms with E-state index in [2.05, 4.69) is 11.6 Å². The SMILES string of the molecule is CSC1CCCC(NC(=O)CCN)C1.Cl. The van der Waals surface area contributed by atoms with Crippen molar-refractivity contribution in [1.82, 2.24) is 5.32 Å². The summed E-state index contributed by atoms with van der Waals surface area (Å²) >= 11 is 1.91. The zero-order valence-corrected chi connectivity index (χ0v) is 10.8. The van der Waals surface area contributed by atoms with Gasteiger partial charge in [0.15, 0.2) is 0 Å². The number of carbonyl (C=O) groups excluding carboxylic acids is 1. The molecule has 0 radical (unpaired) electrons. The summed E-state index contributed by atoms with van der Waals surface area (Å²) in [5, 5.41) is 3.78. The molecule has 3 nitrogen and oxygen atoms in total. The largest absolute Gasteiger partial charge is 0.353 e. The first kappa shape index (κ1) is 15.1. The average Bonchev–Trinajstić information content (AvgIpc) is 2.18. The fraction of sp³-hybridized carbons (Fsp3) is 0.900. The van der Waals surface area contributed by atoms with Crippen LogP contribution in [0.4, 0.5) is 0 Å². The molecule has 1 saturated carbocycles. The van der Waals surface area contributed by atoms with Gasteiger partial charge in [-0.1, -0.05) is 6.42 Å². The summed E-state index contributed by atoms with van der Waals surface area (Å²) in [4.78, 5) is 11.3. The Kier molecular flexibility index (Phi) is 8.29. The number of nitrogens with two attached hydrogens (primary N) is 1. The monoisotopic (exact) mass is 252 g/mol. The van der Waals surface area contributed by atoms with Crippen molar-refractivity contribution in [3.63, 3.8) is 0 Å². The minimum absolute atomic E-state index is 0. The molecule has 0 saturated heterocycles. The van der Waals surface area contributed by atoms with E-state index < -0.39 is 0 Å². The minimum atomic E-state index is 0. The van der Waals surface area contributed by atoms with Gasteiger partial charge in [-0.3, -0.25) is 4.79 Å². The van der Waals surface area contributed by atoms with E-state index in [0.29, 0.717) is 19.0 Å². The molecule has 2 atom stereocenters. The Hall–Kier alpha value is 0.0700. The molecule has 0 aromatic rings. The second kappa shape index (κ2) is 8.25. The molecule has 2 unspecified atom stereocenters. The van der Waals surface area contributed by atoms with E-state index >= 15 is 0 Å². The van der Waals surface area contributed by atoms with Gasteiger partial charge in [-0.05, 0) is 25.5 Å². The van der Waals surface area contributed by atoms with Crippen LogP contribution in [0.3, 0.4) is 0 Å². The molecule has 0 heterocycles. The fourth-order valence-electron chi connectivity index (χ4n) is 1.92. The van der Waals surface area contributed by atoms with Crippen LogP contribution >= 0.6 is 24.2 Å². The predicted molar refractivity (Wildman–Crippen MR) is 68.6 cm³/mol. The number of halogens is 1. The van der Waals surface area contributed by atoms with Gasteiger partial charge in [0.25, 0.3) is 0 Å². The Balaban J connectivity index is 0.00000196. The molecule has 0 aromatic heterocycles. The molecule has 0 aromatic carbocycles. The minimum Gasteiger partial charge on any atom is -0.353 e. The number of hydrogen-bond acceptors (Lipinski definition) is 3. The molecule has 0 bridgehead atoms. The quantitative estimate of drug-likeness (QED) is 0.798. The topological polar surface area (TPSA) is 55.1 Å². The van der Waals surface area contributed by atoms with Crippen molar-refractivity contribution in [2.75, 3.05) is 12.8 Å². The van der Waals surface area contributed by atoms with E-state index in [1.54, 1.807) is 0 Å². The average molecular weight is 253 g/mol. The van der Waals surface area contributed by atoms with E-state index in [4.69, 9.17) is 5.73 Å². The highest BCUT2D eigenvalue weighted by molar-refractivity contribution is 7.99. The first-order valence-corrected chi connectivity index (χ1v) is 6.57. The Morgan fingerprint density at radius 2 is 2.27 bits per heavy atom. The smallest absolute Gasteiger partial charge is 0.221 e. The van der Waals surface area contributed by atoms with Crippen molar-refractivity contribution in [2.24, 2.45) is 5.73 Å². The maximum Gasteiger partial charge on any atom is 0.221 e. The first-order chi connectivity index (χ1) is 6.76. The van der Waals surface area contributed by atoms with Gasteiger partial charge in [-0.25, -0.2) is 0 Å². The third-order valence-corrected chi connectivity index (χ3v) is 3.79. The number of thioether (sulfide) groups is 1. The lowest BCUT2D eigenvalue weighted by Crippen LogP contribution is -2.39. The van der Waals surface area contributed by atoms with Crippen molar-refractivity contribution in [3.8, 4) is 0 Å². The lowest BCUT2D eigenvalue weighted by molar-refractivity contribution is -0.121. The van der Waals surface area contributed by atoms with Crippen molar-refractivity contribution < 1.29 is 4.79 Å². The first-order valence-electron chi connectivity index (χ1n) is 5.28. The van der Waals surface area contributed by atoms with Gasteiger partial charge in [-0.2, -0.15) is 11.8 Å². The van der Waals surface area contributed by atoms with Gasteiger partial charge in [0, 0.05) is 24.3 Å². The van der Waals surface area contributed by atoms with E-state index in [1.807, 2.05) is 11.8 Å². The summed E-state index contributed by atoms with van der Waals surface area (Å²) in [6, 6.07) is 0.389. The van der Waals surface area contributed by atoms with Crippen LogP contribution in [-0.2, 0) is 4.79 Å². The zero-order valence-electron chi connectivity index (χ0n) is 9.20. The number of hydrogen-bond donors (Lipinski definition) is 2. The predicted octanol–water partition coefficient (Wildman–Crippen LogP) is 1.55. The van der Waals surface area contributed by atoms with Crippen LogP contribution in [0, 0.1) is 0 Å². The molecular weight excluding hydrogens is 232 g/mol. The maximum absolute atomic E-state index is 11.3. The lowest BCUT2D eigenvalue weighted by Gasteiger charge is -2.28. The molecular formula is C10H21ClN2OS. The van der Waals surface area contributed by atoms with Gasteiger partial charge in [0.2, 0.25) is 5.91 Å². The third-order valence-electron chi connectivity index (χ3n) is 2.70. The molecule has 1 rings (SSSR count). The van der Waals surface area contributed by atoms with Crippen LogP contribution in [0.15, 0.2) is 0 Å². The molecule has 1 aliphatic rings.